The number of piperidine rings is 1. The molecular formula is C12H18BrN3O. The van der Waals surface area contributed by atoms with Crippen molar-refractivity contribution in [3.8, 4) is 0 Å². The van der Waals surface area contributed by atoms with Crippen LogP contribution in [0.3, 0.4) is 0 Å². The van der Waals surface area contributed by atoms with E-state index in [1.165, 1.54) is 12.8 Å². The molecule has 0 aromatic carbocycles. The SMILES string of the molecule is CCc1nc(Br)cc(N2CCCCC2CO)n1. The Bertz CT molecular complexity index is 386. The summed E-state index contributed by atoms with van der Waals surface area (Å²) in [4.78, 5) is 11.1. The Morgan fingerprint density at radius 2 is 2.29 bits per heavy atom. The minimum Gasteiger partial charge on any atom is -0.394 e. The number of anilines is 1. The smallest absolute Gasteiger partial charge is 0.133 e. The second kappa shape index (κ2) is 5.78. The average molecular weight is 300 g/mol. The largest absolute Gasteiger partial charge is 0.394 e. The van der Waals surface area contributed by atoms with Gasteiger partial charge in [-0.2, -0.15) is 0 Å². The van der Waals surface area contributed by atoms with E-state index < -0.39 is 0 Å². The van der Waals surface area contributed by atoms with Gasteiger partial charge in [0.1, 0.15) is 16.2 Å². The van der Waals surface area contributed by atoms with Crippen molar-refractivity contribution in [2.24, 2.45) is 0 Å². The summed E-state index contributed by atoms with van der Waals surface area (Å²) in [5.41, 5.74) is 0. The third kappa shape index (κ3) is 2.96. The van der Waals surface area contributed by atoms with Gasteiger partial charge in [0.05, 0.1) is 12.6 Å². The Morgan fingerprint density at radius 1 is 1.47 bits per heavy atom. The molecular weight excluding hydrogens is 282 g/mol. The number of hydrogen-bond donors (Lipinski definition) is 1. The van der Waals surface area contributed by atoms with Crippen LogP contribution in [0.5, 0.6) is 0 Å². The maximum Gasteiger partial charge on any atom is 0.133 e. The van der Waals surface area contributed by atoms with Gasteiger partial charge in [0.2, 0.25) is 0 Å². The molecule has 4 nitrogen and oxygen atoms in total. The van der Waals surface area contributed by atoms with Crippen molar-refractivity contribution >= 4 is 21.7 Å². The highest BCUT2D eigenvalue weighted by atomic mass is 79.9. The number of aromatic nitrogens is 2. The fraction of sp³-hybridized carbons (Fsp3) is 0.667. The van der Waals surface area contributed by atoms with Crippen LogP contribution in [0.1, 0.15) is 32.0 Å². The lowest BCUT2D eigenvalue weighted by Crippen LogP contribution is -2.42. The van der Waals surface area contributed by atoms with E-state index in [0.29, 0.717) is 0 Å². The van der Waals surface area contributed by atoms with Gasteiger partial charge in [0.25, 0.3) is 0 Å². The number of halogens is 1. The molecule has 0 aliphatic carbocycles. The number of aliphatic hydroxyl groups is 1. The summed E-state index contributed by atoms with van der Waals surface area (Å²) in [6, 6.07) is 2.14. The Kier molecular flexibility index (Phi) is 4.34. The molecule has 1 aromatic rings. The van der Waals surface area contributed by atoms with Crippen LogP contribution in [0.4, 0.5) is 5.82 Å². The van der Waals surface area contributed by atoms with Gasteiger partial charge in [-0.05, 0) is 35.2 Å². The molecule has 0 saturated carbocycles. The summed E-state index contributed by atoms with van der Waals surface area (Å²) in [7, 11) is 0. The molecule has 1 aromatic heterocycles. The Morgan fingerprint density at radius 3 is 3.00 bits per heavy atom. The lowest BCUT2D eigenvalue weighted by atomic mass is 10.0. The average Bonchev–Trinajstić information content (AvgIpc) is 2.37. The fourth-order valence-corrected chi connectivity index (χ4v) is 2.66. The summed E-state index contributed by atoms with van der Waals surface area (Å²) in [5.74, 6) is 1.78. The molecule has 0 amide bonds. The molecule has 17 heavy (non-hydrogen) atoms. The number of nitrogens with zero attached hydrogens (tertiary/aromatic N) is 3. The molecule has 94 valence electrons. The number of aryl methyl sites for hydroxylation is 1. The van der Waals surface area contributed by atoms with E-state index in [-0.39, 0.29) is 12.6 Å². The van der Waals surface area contributed by atoms with Crippen molar-refractivity contribution in [1.82, 2.24) is 9.97 Å². The van der Waals surface area contributed by atoms with E-state index in [4.69, 9.17) is 0 Å². The summed E-state index contributed by atoms with van der Waals surface area (Å²) in [6.45, 7) is 3.21. The second-order valence-electron chi connectivity index (χ2n) is 4.34. The Hall–Kier alpha value is -0.680. The lowest BCUT2D eigenvalue weighted by molar-refractivity contribution is 0.239. The molecule has 1 saturated heterocycles. The molecule has 1 fully saturated rings. The summed E-state index contributed by atoms with van der Waals surface area (Å²) >= 11 is 3.42. The van der Waals surface area contributed by atoms with Crippen LogP contribution in [0.15, 0.2) is 10.7 Å². The van der Waals surface area contributed by atoms with Crippen molar-refractivity contribution in [2.75, 3.05) is 18.1 Å². The molecule has 2 heterocycles. The first-order chi connectivity index (χ1) is 8.24. The number of hydrogen-bond acceptors (Lipinski definition) is 4. The van der Waals surface area contributed by atoms with Gasteiger partial charge in [-0.1, -0.05) is 6.92 Å². The van der Waals surface area contributed by atoms with Crippen molar-refractivity contribution in [2.45, 2.75) is 38.6 Å². The van der Waals surface area contributed by atoms with Gasteiger partial charge in [-0.3, -0.25) is 0 Å². The molecule has 1 aliphatic heterocycles. The highest BCUT2D eigenvalue weighted by Crippen LogP contribution is 2.24. The van der Waals surface area contributed by atoms with Gasteiger partial charge in [-0.15, -0.1) is 0 Å². The topological polar surface area (TPSA) is 49.2 Å². The molecule has 1 N–H and O–H groups in total. The zero-order valence-electron chi connectivity index (χ0n) is 10.1. The molecule has 5 heteroatoms. The summed E-state index contributed by atoms with van der Waals surface area (Å²) in [5, 5.41) is 9.42. The highest BCUT2D eigenvalue weighted by molar-refractivity contribution is 9.10. The first kappa shape index (κ1) is 12.8. The van der Waals surface area contributed by atoms with Crippen molar-refractivity contribution in [3.63, 3.8) is 0 Å². The monoisotopic (exact) mass is 299 g/mol. The van der Waals surface area contributed by atoms with Crippen molar-refractivity contribution < 1.29 is 5.11 Å². The minimum atomic E-state index is 0.198. The zero-order chi connectivity index (χ0) is 12.3. The van der Waals surface area contributed by atoms with E-state index in [0.717, 1.165) is 35.6 Å². The normalized spacial score (nSPS) is 20.6. The van der Waals surface area contributed by atoms with Crippen LogP contribution in [0.2, 0.25) is 0 Å². The third-order valence-corrected chi connectivity index (χ3v) is 3.58. The number of rotatable bonds is 3. The van der Waals surface area contributed by atoms with E-state index in [9.17, 15) is 5.11 Å². The van der Waals surface area contributed by atoms with Crippen LogP contribution in [0, 0.1) is 0 Å². The summed E-state index contributed by atoms with van der Waals surface area (Å²) in [6.07, 6.45) is 4.22. The molecule has 0 spiro atoms. The van der Waals surface area contributed by atoms with Crippen LogP contribution in [-0.4, -0.2) is 34.3 Å². The first-order valence-electron chi connectivity index (χ1n) is 6.15. The van der Waals surface area contributed by atoms with Crippen LogP contribution in [0.25, 0.3) is 0 Å². The third-order valence-electron chi connectivity index (χ3n) is 3.18. The predicted molar refractivity (Wildman–Crippen MR) is 71.2 cm³/mol. The van der Waals surface area contributed by atoms with E-state index >= 15 is 0 Å². The second-order valence-corrected chi connectivity index (χ2v) is 5.16. The maximum absolute atomic E-state index is 9.42. The molecule has 0 bridgehead atoms. The molecule has 0 radical (unpaired) electrons. The zero-order valence-corrected chi connectivity index (χ0v) is 11.7. The first-order valence-corrected chi connectivity index (χ1v) is 6.95. The van der Waals surface area contributed by atoms with Crippen LogP contribution >= 0.6 is 15.9 Å². The molecule has 1 unspecified atom stereocenters. The van der Waals surface area contributed by atoms with Crippen LogP contribution in [-0.2, 0) is 6.42 Å². The van der Waals surface area contributed by atoms with E-state index in [1.54, 1.807) is 0 Å². The highest BCUT2D eigenvalue weighted by Gasteiger charge is 2.23. The standard InChI is InChI=1S/C12H18BrN3O/c1-2-11-14-10(13)7-12(15-11)16-6-4-3-5-9(16)8-17/h7,9,17H,2-6,8H2,1H3. The van der Waals surface area contributed by atoms with Gasteiger partial charge in [0.15, 0.2) is 0 Å². The van der Waals surface area contributed by atoms with E-state index in [2.05, 4.69) is 30.8 Å². The predicted octanol–water partition coefficient (Wildman–Crippen LogP) is 2.15. The van der Waals surface area contributed by atoms with Gasteiger partial charge < -0.3 is 10.0 Å². The van der Waals surface area contributed by atoms with Crippen molar-refractivity contribution in [1.29, 1.82) is 0 Å². The van der Waals surface area contributed by atoms with Gasteiger partial charge in [0, 0.05) is 19.0 Å². The maximum atomic E-state index is 9.42. The van der Waals surface area contributed by atoms with Gasteiger partial charge in [-0.25, -0.2) is 9.97 Å². The van der Waals surface area contributed by atoms with Gasteiger partial charge >= 0.3 is 0 Å². The quantitative estimate of drug-likeness (QED) is 0.869. The molecule has 1 atom stereocenters. The Balaban J connectivity index is 2.27. The fourth-order valence-electron chi connectivity index (χ4n) is 2.25. The lowest BCUT2D eigenvalue weighted by Gasteiger charge is -2.35. The van der Waals surface area contributed by atoms with Crippen LogP contribution < -0.4 is 4.90 Å². The molecule has 2 rings (SSSR count). The number of aliphatic hydroxyl groups excluding tert-OH is 1. The molecule has 1 aliphatic rings. The summed E-state index contributed by atoms with van der Waals surface area (Å²) < 4.78 is 0.821. The minimum absolute atomic E-state index is 0.198. The van der Waals surface area contributed by atoms with E-state index in [1.807, 2.05) is 13.0 Å². The Labute approximate surface area is 110 Å². The van der Waals surface area contributed by atoms with Crippen molar-refractivity contribution in [3.05, 3.63) is 16.5 Å².